The molecule has 5 rings (SSSR count). The lowest BCUT2D eigenvalue weighted by Gasteiger charge is -2.49. The molecule has 2 fully saturated rings. The minimum Gasteiger partial charge on any atom is -0.467 e. The lowest BCUT2D eigenvalue weighted by molar-refractivity contribution is -0.375. The zero-order chi connectivity index (χ0) is 33.0. The lowest BCUT2D eigenvalue weighted by atomic mass is 9.97. The smallest absolute Gasteiger partial charge is 0.408 e. The van der Waals surface area contributed by atoms with Gasteiger partial charge in [0.15, 0.2) is 18.6 Å². The zero-order valence-corrected chi connectivity index (χ0v) is 26.5. The van der Waals surface area contributed by atoms with Crippen LogP contribution < -0.4 is 5.32 Å². The van der Waals surface area contributed by atoms with Gasteiger partial charge in [0.1, 0.15) is 31.0 Å². The summed E-state index contributed by atoms with van der Waals surface area (Å²) in [6, 6.07) is 27.2. The molecule has 11 heteroatoms. The minimum atomic E-state index is -1.23. The highest BCUT2D eigenvalue weighted by atomic mass is 16.8. The summed E-state index contributed by atoms with van der Waals surface area (Å²) in [5.41, 5.74) is 2.57. The number of hydrogen-bond donors (Lipinski definition) is 1. The quantitative estimate of drug-likeness (QED) is 0.192. The lowest BCUT2D eigenvalue weighted by Crippen LogP contribution is -2.64. The van der Waals surface area contributed by atoms with E-state index in [1.54, 1.807) is 13.0 Å². The molecule has 250 valence electrons. The summed E-state index contributed by atoms with van der Waals surface area (Å²) in [7, 11) is 1.23. The number of amides is 1. The molecule has 1 N–H and O–H groups in total. The van der Waals surface area contributed by atoms with Crippen molar-refractivity contribution >= 4 is 12.1 Å². The molecule has 2 saturated heterocycles. The van der Waals surface area contributed by atoms with Gasteiger partial charge in [-0.1, -0.05) is 97.1 Å². The van der Waals surface area contributed by atoms with Crippen LogP contribution in [0.3, 0.4) is 0 Å². The average molecular weight is 648 g/mol. The van der Waals surface area contributed by atoms with Crippen LogP contribution in [-0.4, -0.2) is 75.2 Å². The van der Waals surface area contributed by atoms with Gasteiger partial charge >= 0.3 is 12.1 Å². The van der Waals surface area contributed by atoms with Crippen LogP contribution in [0.5, 0.6) is 0 Å². The number of esters is 1. The van der Waals surface area contributed by atoms with E-state index >= 15 is 0 Å². The predicted octanol–water partition coefficient (Wildman–Crippen LogP) is 4.86. The molecule has 3 aromatic carbocycles. The minimum absolute atomic E-state index is 0.0201. The third-order valence-corrected chi connectivity index (χ3v) is 7.81. The third-order valence-electron chi connectivity index (χ3n) is 7.81. The van der Waals surface area contributed by atoms with Crippen molar-refractivity contribution in [2.24, 2.45) is 0 Å². The summed E-state index contributed by atoms with van der Waals surface area (Å²) in [4.78, 5) is 25.6. The Balaban J connectivity index is 1.35. The highest BCUT2D eigenvalue weighted by Crippen LogP contribution is 2.37. The summed E-state index contributed by atoms with van der Waals surface area (Å²) < 4.78 is 48.4. The predicted molar refractivity (Wildman–Crippen MR) is 170 cm³/mol. The Morgan fingerprint density at radius 1 is 0.894 bits per heavy atom. The van der Waals surface area contributed by atoms with Crippen molar-refractivity contribution in [2.75, 3.05) is 20.3 Å². The molecule has 8 atom stereocenters. The van der Waals surface area contributed by atoms with E-state index in [1.807, 2.05) is 91.0 Å². The molecule has 0 saturated carbocycles. The molecule has 0 spiro atoms. The number of carbonyl (C=O) groups excluding carboxylic acids is 2. The van der Waals surface area contributed by atoms with Crippen LogP contribution in [0.25, 0.3) is 0 Å². The van der Waals surface area contributed by atoms with Crippen molar-refractivity contribution < 1.29 is 47.5 Å². The van der Waals surface area contributed by atoms with E-state index in [9.17, 15) is 9.59 Å². The molecular weight excluding hydrogens is 606 g/mol. The number of rotatable bonds is 14. The fourth-order valence-corrected chi connectivity index (χ4v) is 5.42. The monoisotopic (exact) mass is 647 g/mol. The Morgan fingerprint density at radius 2 is 1.53 bits per heavy atom. The largest absolute Gasteiger partial charge is 0.467 e. The fraction of sp³-hybridized carbons (Fsp3) is 0.389. The van der Waals surface area contributed by atoms with E-state index < -0.39 is 61.2 Å². The molecule has 2 aliphatic heterocycles. The molecule has 1 unspecified atom stereocenters. The molecule has 3 aromatic rings. The Bertz CT molecular complexity index is 1410. The number of methoxy groups -OCH3 is 1. The zero-order valence-electron chi connectivity index (χ0n) is 26.5. The van der Waals surface area contributed by atoms with Crippen molar-refractivity contribution in [3.05, 3.63) is 120 Å². The Labute approximate surface area is 274 Å². The number of ether oxygens (including phenoxy) is 8. The van der Waals surface area contributed by atoms with Gasteiger partial charge in [-0.15, -0.1) is 6.58 Å². The maximum atomic E-state index is 12.9. The van der Waals surface area contributed by atoms with Crippen LogP contribution in [-0.2, 0) is 55.9 Å². The van der Waals surface area contributed by atoms with Crippen molar-refractivity contribution in [1.29, 1.82) is 0 Å². The maximum absolute atomic E-state index is 12.9. The SMILES string of the molecule is C=CCO[C@@H]1[C@H](OCc2ccccc2)[C@H](O[C@H](C)[C@H](NC(=O)OCc2ccccc2)C(=O)OC)O[C@@H]2COC(c3ccccc3)O[C@@H]12. The van der Waals surface area contributed by atoms with Crippen molar-refractivity contribution in [3.63, 3.8) is 0 Å². The van der Waals surface area contributed by atoms with Gasteiger partial charge in [-0.25, -0.2) is 9.59 Å². The summed E-state index contributed by atoms with van der Waals surface area (Å²) >= 11 is 0. The van der Waals surface area contributed by atoms with Crippen LogP contribution in [0.4, 0.5) is 4.79 Å². The van der Waals surface area contributed by atoms with Gasteiger partial charge in [-0.05, 0) is 18.1 Å². The average Bonchev–Trinajstić information content (AvgIpc) is 3.12. The van der Waals surface area contributed by atoms with E-state index in [0.717, 1.165) is 16.7 Å². The first-order valence-electron chi connectivity index (χ1n) is 15.5. The fourth-order valence-electron chi connectivity index (χ4n) is 5.42. The maximum Gasteiger partial charge on any atom is 0.408 e. The second kappa shape index (κ2) is 17.2. The number of fused-ring (bicyclic) bond motifs is 1. The van der Waals surface area contributed by atoms with E-state index in [0.29, 0.717) is 0 Å². The topological polar surface area (TPSA) is 120 Å². The van der Waals surface area contributed by atoms with Crippen molar-refractivity contribution in [1.82, 2.24) is 5.32 Å². The molecule has 2 heterocycles. The van der Waals surface area contributed by atoms with E-state index in [-0.39, 0.29) is 26.4 Å². The van der Waals surface area contributed by atoms with Crippen LogP contribution in [0.15, 0.2) is 104 Å². The summed E-state index contributed by atoms with van der Waals surface area (Å²) in [6.07, 6.45) is -4.50. The van der Waals surface area contributed by atoms with Crippen molar-refractivity contribution in [2.45, 2.75) is 69.3 Å². The molecule has 1 amide bonds. The Kier molecular flexibility index (Phi) is 12.5. The number of nitrogens with one attached hydrogen (secondary N) is 1. The molecule has 2 aliphatic rings. The number of hydrogen-bond acceptors (Lipinski definition) is 10. The molecule has 0 aromatic heterocycles. The molecule has 47 heavy (non-hydrogen) atoms. The second-order valence-electron chi connectivity index (χ2n) is 11.1. The summed E-state index contributed by atoms with van der Waals surface area (Å²) in [5.74, 6) is -0.723. The number of carbonyl (C=O) groups is 2. The van der Waals surface area contributed by atoms with E-state index in [2.05, 4.69) is 11.9 Å². The summed E-state index contributed by atoms with van der Waals surface area (Å²) in [6.45, 7) is 6.07. The molecular formula is C36H41NO10. The van der Waals surface area contributed by atoms with Gasteiger partial charge in [-0.2, -0.15) is 0 Å². The number of alkyl carbamates (subject to hydrolysis) is 1. The molecule has 0 bridgehead atoms. The standard InChI is InChI=1S/C36H41NO10/c1-4-20-41-31-30-28(23-43-34(47-30)27-18-12-7-13-19-27)46-35(32(31)42-21-25-14-8-5-9-15-25)45-24(2)29(33(38)40-3)37-36(39)44-22-26-16-10-6-11-17-26/h4-19,24,28-32,34-35H,1,20-23H2,2-3H3,(H,37,39)/t24-,28-,29+,30-,31+,32+,34?,35-/m1/s1. The second-order valence-corrected chi connectivity index (χ2v) is 11.1. The third kappa shape index (κ3) is 9.25. The van der Waals surface area contributed by atoms with Gasteiger partial charge in [0.2, 0.25) is 0 Å². The van der Waals surface area contributed by atoms with Gasteiger partial charge in [0, 0.05) is 5.56 Å². The van der Waals surface area contributed by atoms with Crippen molar-refractivity contribution in [3.8, 4) is 0 Å². The Morgan fingerprint density at radius 3 is 2.17 bits per heavy atom. The first kappa shape index (κ1) is 34.2. The van der Waals surface area contributed by atoms with Crippen LogP contribution in [0, 0.1) is 0 Å². The molecule has 11 nitrogen and oxygen atoms in total. The molecule has 0 radical (unpaired) electrons. The molecule has 0 aliphatic carbocycles. The summed E-state index contributed by atoms with van der Waals surface area (Å²) in [5, 5.41) is 2.57. The van der Waals surface area contributed by atoms with Gasteiger partial charge in [-0.3, -0.25) is 0 Å². The first-order chi connectivity index (χ1) is 23.0. The Hall–Kier alpha value is -4.10. The van der Waals surface area contributed by atoms with Crippen LogP contribution in [0.2, 0.25) is 0 Å². The number of benzene rings is 3. The van der Waals surface area contributed by atoms with Gasteiger partial charge in [0.25, 0.3) is 0 Å². The van der Waals surface area contributed by atoms with Gasteiger partial charge in [0.05, 0.1) is 33.0 Å². The van der Waals surface area contributed by atoms with E-state index in [1.165, 1.54) is 7.11 Å². The normalized spacial score (nSPS) is 25.1. The van der Waals surface area contributed by atoms with Crippen LogP contribution >= 0.6 is 0 Å². The van der Waals surface area contributed by atoms with E-state index in [4.69, 9.17) is 37.9 Å². The van der Waals surface area contributed by atoms with Gasteiger partial charge < -0.3 is 43.2 Å². The van der Waals surface area contributed by atoms with Crippen LogP contribution in [0.1, 0.15) is 29.9 Å². The highest BCUT2D eigenvalue weighted by molar-refractivity contribution is 5.81. The highest BCUT2D eigenvalue weighted by Gasteiger charge is 2.52. The first-order valence-corrected chi connectivity index (χ1v) is 15.5.